The van der Waals surface area contributed by atoms with Crippen LogP contribution in [0.25, 0.3) is 0 Å². The van der Waals surface area contributed by atoms with E-state index >= 15 is 0 Å². The van der Waals surface area contributed by atoms with Crippen molar-refractivity contribution in [2.24, 2.45) is 0 Å². The van der Waals surface area contributed by atoms with Crippen LogP contribution in [-0.2, 0) is 4.79 Å². The summed E-state index contributed by atoms with van der Waals surface area (Å²) in [4.78, 5) is 35.1. The molecule has 28 heavy (non-hydrogen) atoms. The molecule has 0 spiro atoms. The van der Waals surface area contributed by atoms with Crippen LogP contribution in [0.15, 0.2) is 36.5 Å². The normalized spacial score (nSPS) is 15.6. The molecule has 1 aromatic heterocycles. The van der Waals surface area contributed by atoms with Crippen molar-refractivity contribution in [2.75, 3.05) is 5.32 Å². The van der Waals surface area contributed by atoms with Crippen molar-refractivity contribution >= 4 is 23.3 Å². The summed E-state index contributed by atoms with van der Waals surface area (Å²) in [6.07, 6.45) is 7.23. The molecule has 1 atom stereocenters. The Hall–Kier alpha value is -3.23. The Kier molecular flexibility index (Phi) is 6.03. The highest BCUT2D eigenvalue weighted by molar-refractivity contribution is 6.00. The third-order valence-electron chi connectivity index (χ3n) is 4.90. The first-order valence-electron chi connectivity index (χ1n) is 9.35. The molecule has 3 rings (SSSR count). The molecule has 1 heterocycles. The molecule has 0 bridgehead atoms. The number of nitrogens with one attached hydrogen (secondary N) is 2. The summed E-state index contributed by atoms with van der Waals surface area (Å²) in [5.41, 5.74) is -0.0535. The zero-order valence-corrected chi connectivity index (χ0v) is 15.6. The fraction of sp³-hybridized carbons (Fsp3) is 0.421. The van der Waals surface area contributed by atoms with Gasteiger partial charge in [0.1, 0.15) is 11.9 Å². The molecule has 9 nitrogen and oxygen atoms in total. The van der Waals surface area contributed by atoms with Crippen molar-refractivity contribution in [3.63, 3.8) is 0 Å². The Morgan fingerprint density at radius 2 is 2.00 bits per heavy atom. The predicted octanol–water partition coefficient (Wildman–Crippen LogP) is 3.05. The lowest BCUT2D eigenvalue weighted by atomic mass is 9.96. The molecule has 2 amide bonds. The maximum absolute atomic E-state index is 12.5. The average molecular weight is 385 g/mol. The van der Waals surface area contributed by atoms with Gasteiger partial charge in [-0.2, -0.15) is 5.10 Å². The fourth-order valence-electron chi connectivity index (χ4n) is 3.37. The van der Waals surface area contributed by atoms with Gasteiger partial charge in [0, 0.05) is 23.8 Å². The Bertz CT molecular complexity index is 873. The number of nitro groups is 1. The van der Waals surface area contributed by atoms with Crippen LogP contribution in [0.4, 0.5) is 11.5 Å². The molecule has 1 aromatic carbocycles. The number of nitrogens with zero attached hydrogens (tertiary/aromatic N) is 3. The molecular weight excluding hydrogens is 362 g/mol. The molecule has 1 saturated carbocycles. The summed E-state index contributed by atoms with van der Waals surface area (Å²) in [6, 6.07) is 6.57. The number of amides is 2. The van der Waals surface area contributed by atoms with Gasteiger partial charge in [-0.1, -0.05) is 25.3 Å². The topological polar surface area (TPSA) is 119 Å². The van der Waals surface area contributed by atoms with Crippen LogP contribution >= 0.6 is 0 Å². The first-order valence-corrected chi connectivity index (χ1v) is 9.35. The van der Waals surface area contributed by atoms with E-state index in [1.165, 1.54) is 30.7 Å². The Morgan fingerprint density at radius 3 is 2.71 bits per heavy atom. The second-order valence-electron chi connectivity index (χ2n) is 6.94. The standard InChI is InChI=1S/C19H23N5O4/c1-13(21-19(26)14-6-5-9-16(12-14)24(27)28)18(25)22-17-10-11-20-23(17)15-7-3-2-4-8-15/h5-6,9-13,15H,2-4,7-8H2,1H3,(H,21,26)(H,22,25). The quantitative estimate of drug-likeness (QED) is 0.585. The summed E-state index contributed by atoms with van der Waals surface area (Å²) >= 11 is 0. The van der Waals surface area contributed by atoms with Gasteiger partial charge in [-0.3, -0.25) is 19.7 Å². The van der Waals surface area contributed by atoms with Gasteiger partial charge in [0.05, 0.1) is 17.2 Å². The van der Waals surface area contributed by atoms with Crippen LogP contribution in [-0.4, -0.2) is 32.6 Å². The number of carbonyl (C=O) groups excluding carboxylic acids is 2. The van der Waals surface area contributed by atoms with Crippen LogP contribution in [0.1, 0.15) is 55.4 Å². The number of rotatable bonds is 6. The molecule has 0 radical (unpaired) electrons. The van der Waals surface area contributed by atoms with Gasteiger partial charge < -0.3 is 10.6 Å². The molecule has 0 saturated heterocycles. The Balaban J connectivity index is 1.62. The molecule has 2 N–H and O–H groups in total. The minimum absolute atomic E-state index is 0.126. The molecule has 1 aliphatic carbocycles. The highest BCUT2D eigenvalue weighted by atomic mass is 16.6. The number of hydrogen-bond donors (Lipinski definition) is 2. The summed E-state index contributed by atoms with van der Waals surface area (Å²) < 4.78 is 1.84. The molecule has 148 valence electrons. The number of hydrogen-bond acceptors (Lipinski definition) is 5. The van der Waals surface area contributed by atoms with Gasteiger partial charge in [-0.15, -0.1) is 0 Å². The highest BCUT2D eigenvalue weighted by Gasteiger charge is 2.22. The lowest BCUT2D eigenvalue weighted by Gasteiger charge is -2.24. The van der Waals surface area contributed by atoms with Crippen LogP contribution in [0.3, 0.4) is 0 Å². The molecule has 1 fully saturated rings. The predicted molar refractivity (Wildman–Crippen MR) is 103 cm³/mol. The van der Waals surface area contributed by atoms with E-state index < -0.39 is 16.9 Å². The highest BCUT2D eigenvalue weighted by Crippen LogP contribution is 2.29. The number of aromatic nitrogens is 2. The van der Waals surface area contributed by atoms with Gasteiger partial charge in [-0.25, -0.2) is 4.68 Å². The zero-order chi connectivity index (χ0) is 20.1. The van der Waals surface area contributed by atoms with Crippen molar-refractivity contribution < 1.29 is 14.5 Å². The second kappa shape index (κ2) is 8.64. The summed E-state index contributed by atoms with van der Waals surface area (Å²) in [6.45, 7) is 1.56. The van der Waals surface area contributed by atoms with Gasteiger partial charge in [0.2, 0.25) is 5.91 Å². The lowest BCUT2D eigenvalue weighted by Crippen LogP contribution is -2.42. The van der Waals surface area contributed by atoms with E-state index in [1.54, 1.807) is 19.2 Å². The SMILES string of the molecule is CC(NC(=O)c1cccc([N+](=O)[O-])c1)C(=O)Nc1ccnn1C1CCCCC1. The van der Waals surface area contributed by atoms with E-state index in [2.05, 4.69) is 15.7 Å². The maximum atomic E-state index is 12.5. The van der Waals surface area contributed by atoms with E-state index in [9.17, 15) is 19.7 Å². The summed E-state index contributed by atoms with van der Waals surface area (Å²) in [7, 11) is 0. The van der Waals surface area contributed by atoms with Crippen molar-refractivity contribution in [1.29, 1.82) is 0 Å². The largest absolute Gasteiger partial charge is 0.341 e. The molecule has 1 aliphatic rings. The first-order chi connectivity index (χ1) is 13.5. The molecular formula is C19H23N5O4. The zero-order valence-electron chi connectivity index (χ0n) is 15.6. The summed E-state index contributed by atoms with van der Waals surface area (Å²) in [5.74, 6) is -0.322. The number of carbonyl (C=O) groups is 2. The number of anilines is 1. The first kappa shape index (κ1) is 19.5. The second-order valence-corrected chi connectivity index (χ2v) is 6.94. The molecule has 1 unspecified atom stereocenters. The van der Waals surface area contributed by atoms with E-state index in [-0.39, 0.29) is 23.2 Å². The molecule has 0 aliphatic heterocycles. The van der Waals surface area contributed by atoms with E-state index in [1.807, 2.05) is 4.68 Å². The van der Waals surface area contributed by atoms with Crippen molar-refractivity contribution in [3.05, 3.63) is 52.2 Å². The third-order valence-corrected chi connectivity index (χ3v) is 4.90. The minimum atomic E-state index is -0.818. The Labute approximate surface area is 162 Å². The lowest BCUT2D eigenvalue weighted by molar-refractivity contribution is -0.384. The van der Waals surface area contributed by atoms with Gasteiger partial charge in [-0.05, 0) is 25.8 Å². The molecule has 2 aromatic rings. The van der Waals surface area contributed by atoms with Crippen molar-refractivity contribution in [2.45, 2.75) is 51.1 Å². The third kappa shape index (κ3) is 4.54. The Morgan fingerprint density at radius 1 is 1.25 bits per heavy atom. The van der Waals surface area contributed by atoms with E-state index in [0.717, 1.165) is 25.7 Å². The van der Waals surface area contributed by atoms with Gasteiger partial charge in [0.15, 0.2) is 0 Å². The fourth-order valence-corrected chi connectivity index (χ4v) is 3.37. The van der Waals surface area contributed by atoms with Crippen molar-refractivity contribution in [3.8, 4) is 0 Å². The molecule has 9 heteroatoms. The number of benzene rings is 1. The van der Waals surface area contributed by atoms with Crippen LogP contribution in [0.5, 0.6) is 0 Å². The van der Waals surface area contributed by atoms with Crippen LogP contribution < -0.4 is 10.6 Å². The maximum Gasteiger partial charge on any atom is 0.270 e. The van der Waals surface area contributed by atoms with Gasteiger partial charge in [0.25, 0.3) is 11.6 Å². The minimum Gasteiger partial charge on any atom is -0.341 e. The van der Waals surface area contributed by atoms with E-state index in [0.29, 0.717) is 5.82 Å². The van der Waals surface area contributed by atoms with Crippen LogP contribution in [0.2, 0.25) is 0 Å². The monoisotopic (exact) mass is 385 g/mol. The van der Waals surface area contributed by atoms with Gasteiger partial charge >= 0.3 is 0 Å². The smallest absolute Gasteiger partial charge is 0.270 e. The summed E-state index contributed by atoms with van der Waals surface area (Å²) in [5, 5.41) is 20.6. The van der Waals surface area contributed by atoms with Crippen LogP contribution in [0, 0.1) is 10.1 Å². The number of nitro benzene ring substituents is 1. The van der Waals surface area contributed by atoms with Crippen molar-refractivity contribution in [1.82, 2.24) is 15.1 Å². The average Bonchev–Trinajstić information content (AvgIpc) is 3.16. The van der Waals surface area contributed by atoms with E-state index in [4.69, 9.17) is 0 Å². The number of non-ortho nitro benzene ring substituents is 1.